The summed E-state index contributed by atoms with van der Waals surface area (Å²) >= 11 is 1.85. The summed E-state index contributed by atoms with van der Waals surface area (Å²) in [5.41, 5.74) is 0.524. The van der Waals surface area contributed by atoms with E-state index < -0.39 is 52.9 Å². The lowest BCUT2D eigenvalue weighted by Gasteiger charge is -2.67. The monoisotopic (exact) mass is 616 g/mol. The number of hydrogen-bond acceptors (Lipinski definition) is 8. The number of benzene rings is 2. The number of carbonyl (C=O) groups excluding carboxylic acids is 2. The number of carbonyl (C=O) groups is 2. The minimum Gasteiger partial charge on any atom is -0.457 e. The van der Waals surface area contributed by atoms with Gasteiger partial charge in [0.25, 0.3) is 0 Å². The average Bonchev–Trinajstić information content (AvgIpc) is 3.59. The number of allylic oxidation sites excluding steroid dienone is 1. The fraction of sp³-hybridized carbons (Fsp3) is 0.556. The maximum atomic E-state index is 14.2. The molecule has 44 heavy (non-hydrogen) atoms. The van der Waals surface area contributed by atoms with Crippen molar-refractivity contribution in [3.8, 4) is 0 Å². The third kappa shape index (κ3) is 3.72. The number of ketones is 1. The highest BCUT2D eigenvalue weighted by atomic mass is 32.2. The van der Waals surface area contributed by atoms with Crippen molar-refractivity contribution in [2.24, 2.45) is 16.7 Å². The fourth-order valence-corrected chi connectivity index (χ4v) is 11.2. The molecule has 7 nitrogen and oxygen atoms in total. The van der Waals surface area contributed by atoms with Crippen LogP contribution in [0.5, 0.6) is 0 Å². The van der Waals surface area contributed by atoms with E-state index in [0.29, 0.717) is 5.75 Å². The third-order valence-electron chi connectivity index (χ3n) is 11.8. The average molecular weight is 617 g/mol. The van der Waals surface area contributed by atoms with Gasteiger partial charge in [0.2, 0.25) is 0 Å². The maximum Gasteiger partial charge on any atom is 0.303 e. The molecular weight excluding hydrogens is 576 g/mol. The molecule has 3 aliphatic carbocycles. The van der Waals surface area contributed by atoms with Crippen molar-refractivity contribution >= 4 is 23.5 Å². The third-order valence-corrected chi connectivity index (χ3v) is 13.4. The molecule has 5 fully saturated rings. The maximum absolute atomic E-state index is 14.2. The van der Waals surface area contributed by atoms with Crippen LogP contribution in [0.25, 0.3) is 0 Å². The number of thioether (sulfide) groups is 1. The Morgan fingerprint density at radius 3 is 2.16 bits per heavy atom. The summed E-state index contributed by atoms with van der Waals surface area (Å²) in [5.74, 6) is 0.102. The summed E-state index contributed by atoms with van der Waals surface area (Å²) < 4.78 is 34.8. The Hall–Kier alpha value is -2.49. The molecule has 6 aliphatic rings. The summed E-state index contributed by atoms with van der Waals surface area (Å²) in [6.07, 6.45) is -0.771. The van der Waals surface area contributed by atoms with Gasteiger partial charge >= 0.3 is 5.97 Å². The topological polar surface area (TPSA) is 80.3 Å². The van der Waals surface area contributed by atoms with Crippen molar-refractivity contribution < 1.29 is 33.3 Å². The van der Waals surface area contributed by atoms with Crippen LogP contribution >= 0.6 is 11.8 Å². The first-order chi connectivity index (χ1) is 21.0. The van der Waals surface area contributed by atoms with Gasteiger partial charge in [-0.25, -0.2) is 0 Å². The second kappa shape index (κ2) is 9.76. The molecule has 3 saturated heterocycles. The quantitative estimate of drug-likeness (QED) is 0.363. The number of esters is 1. The van der Waals surface area contributed by atoms with Gasteiger partial charge in [-0.3, -0.25) is 9.59 Å². The van der Waals surface area contributed by atoms with E-state index in [2.05, 4.69) is 20.8 Å². The molecule has 2 bridgehead atoms. The lowest BCUT2D eigenvalue weighted by molar-refractivity contribution is -0.229. The Bertz CT molecular complexity index is 1540. The van der Waals surface area contributed by atoms with E-state index >= 15 is 0 Å². The first-order valence-corrected chi connectivity index (χ1v) is 16.9. The van der Waals surface area contributed by atoms with Crippen molar-refractivity contribution in [2.75, 3.05) is 5.75 Å². The van der Waals surface area contributed by atoms with Crippen LogP contribution in [0.3, 0.4) is 0 Å². The Labute approximate surface area is 263 Å². The second-order valence-electron chi connectivity index (χ2n) is 14.3. The molecule has 0 amide bonds. The molecule has 3 heterocycles. The van der Waals surface area contributed by atoms with Crippen LogP contribution in [-0.4, -0.2) is 52.3 Å². The number of Topliss-reactive ketones (excluding diaryl/α,β-unsaturated/α-hetero) is 1. The van der Waals surface area contributed by atoms with Gasteiger partial charge in [-0.2, -0.15) is 11.8 Å². The van der Waals surface area contributed by atoms with Gasteiger partial charge in [0.15, 0.2) is 18.4 Å². The SMILES string of the molecule is CC(=O)O[C@@]12CS[C@@H]1CC[C@@]1(C)[C@H]3O[C@@H](c4ccccc4)O[C@@H]3C3=C(C)C(=O)C[C@]4(O[C@@H](c5ccccc5)O[C@H]4[C@@H]12)C3(C)C. The Morgan fingerprint density at radius 2 is 1.55 bits per heavy atom. The van der Waals surface area contributed by atoms with Crippen LogP contribution in [0.4, 0.5) is 0 Å². The van der Waals surface area contributed by atoms with E-state index in [9.17, 15) is 9.59 Å². The smallest absolute Gasteiger partial charge is 0.303 e. The van der Waals surface area contributed by atoms with Crippen molar-refractivity contribution in [3.63, 3.8) is 0 Å². The highest BCUT2D eigenvalue weighted by Gasteiger charge is 2.78. The van der Waals surface area contributed by atoms with Crippen LogP contribution in [0.1, 0.15) is 77.6 Å². The summed E-state index contributed by atoms with van der Waals surface area (Å²) in [4.78, 5) is 27.0. The molecule has 0 N–H and O–H groups in total. The van der Waals surface area contributed by atoms with Gasteiger partial charge in [-0.1, -0.05) is 81.4 Å². The molecule has 8 rings (SSSR count). The van der Waals surface area contributed by atoms with Gasteiger partial charge in [0, 0.05) is 52.2 Å². The minimum atomic E-state index is -1.01. The molecule has 232 valence electrons. The molecule has 3 aliphatic heterocycles. The van der Waals surface area contributed by atoms with Crippen molar-refractivity contribution in [1.82, 2.24) is 0 Å². The highest BCUT2D eigenvalue weighted by molar-refractivity contribution is 8.01. The van der Waals surface area contributed by atoms with E-state index in [1.807, 2.05) is 79.3 Å². The lowest BCUT2D eigenvalue weighted by Crippen LogP contribution is -2.76. The van der Waals surface area contributed by atoms with Crippen LogP contribution < -0.4 is 0 Å². The van der Waals surface area contributed by atoms with Crippen LogP contribution in [0.15, 0.2) is 71.8 Å². The molecule has 2 saturated carbocycles. The second-order valence-corrected chi connectivity index (χ2v) is 15.5. The van der Waals surface area contributed by atoms with Crippen LogP contribution in [0.2, 0.25) is 0 Å². The zero-order chi connectivity index (χ0) is 30.6. The van der Waals surface area contributed by atoms with Gasteiger partial charge in [0.05, 0.1) is 12.2 Å². The van der Waals surface area contributed by atoms with Crippen molar-refractivity contribution in [1.29, 1.82) is 0 Å². The first-order valence-electron chi connectivity index (χ1n) is 15.8. The molecule has 0 aromatic heterocycles. The molecular formula is C36H40O7S. The van der Waals surface area contributed by atoms with Gasteiger partial charge in [0.1, 0.15) is 17.3 Å². The molecule has 0 unspecified atom stereocenters. The van der Waals surface area contributed by atoms with E-state index in [4.69, 9.17) is 23.7 Å². The molecule has 10 atom stereocenters. The van der Waals surface area contributed by atoms with E-state index in [1.165, 1.54) is 6.92 Å². The van der Waals surface area contributed by atoms with Crippen LogP contribution in [-0.2, 0) is 33.3 Å². The summed E-state index contributed by atoms with van der Waals surface area (Å²) in [6, 6.07) is 20.0. The number of hydrogen-bond donors (Lipinski definition) is 0. The molecule has 1 spiro atoms. The number of ether oxygens (including phenoxy) is 5. The predicted molar refractivity (Wildman–Crippen MR) is 164 cm³/mol. The van der Waals surface area contributed by atoms with Crippen molar-refractivity contribution in [3.05, 3.63) is 82.9 Å². The standard InChI is InChI=1S/C36H40O7S/c1-20-24(38)18-36-30(41-32(43-36)23-14-10-7-11-15-23)28-34(5,17-16-25-35(28,19-44-25)42-21(2)37)29-27(26(20)33(36,3)4)39-31(40-29)22-12-8-6-9-13-22/h6-15,25,27-32H,16-19H2,1-5H3/t25-,27-,28+,29+,30+,31+,32+,34-,35+,36-/m1/s1. The van der Waals surface area contributed by atoms with E-state index in [1.54, 1.807) is 0 Å². The fourth-order valence-electron chi connectivity index (χ4n) is 9.70. The van der Waals surface area contributed by atoms with Crippen molar-refractivity contribution in [2.45, 2.75) is 101 Å². The summed E-state index contributed by atoms with van der Waals surface area (Å²) in [7, 11) is 0. The summed E-state index contributed by atoms with van der Waals surface area (Å²) in [5, 5.41) is 0.130. The Kier molecular flexibility index (Phi) is 6.42. The molecule has 2 aromatic rings. The van der Waals surface area contributed by atoms with Crippen LogP contribution in [0, 0.1) is 16.7 Å². The molecule has 2 aromatic carbocycles. The van der Waals surface area contributed by atoms with Gasteiger partial charge < -0.3 is 23.7 Å². The Morgan fingerprint density at radius 1 is 0.909 bits per heavy atom. The Balaban J connectivity index is 1.38. The predicted octanol–water partition coefficient (Wildman–Crippen LogP) is 6.48. The normalized spacial score (nSPS) is 43.5. The zero-order valence-corrected chi connectivity index (χ0v) is 26.7. The molecule has 8 heteroatoms. The first kappa shape index (κ1) is 28.9. The highest BCUT2D eigenvalue weighted by Crippen LogP contribution is 2.71. The lowest BCUT2D eigenvalue weighted by atomic mass is 9.46. The van der Waals surface area contributed by atoms with E-state index in [0.717, 1.165) is 35.1 Å². The number of rotatable bonds is 3. The molecule has 0 radical (unpaired) electrons. The zero-order valence-electron chi connectivity index (χ0n) is 25.9. The largest absolute Gasteiger partial charge is 0.457 e. The van der Waals surface area contributed by atoms with Gasteiger partial charge in [-0.05, 0) is 30.9 Å². The van der Waals surface area contributed by atoms with Gasteiger partial charge in [-0.15, -0.1) is 0 Å². The number of fused-ring (bicyclic) bond motifs is 8. The van der Waals surface area contributed by atoms with E-state index in [-0.39, 0.29) is 29.3 Å². The minimum absolute atomic E-state index is 0.0348. The summed E-state index contributed by atoms with van der Waals surface area (Å²) in [6.45, 7) is 10.1.